The van der Waals surface area contributed by atoms with E-state index in [2.05, 4.69) is 43.0 Å². The van der Waals surface area contributed by atoms with Crippen molar-refractivity contribution in [1.82, 2.24) is 10.2 Å². The van der Waals surface area contributed by atoms with Crippen LogP contribution >= 0.6 is 11.8 Å². The van der Waals surface area contributed by atoms with E-state index in [1.54, 1.807) is 0 Å². The van der Waals surface area contributed by atoms with Crippen LogP contribution in [0, 0.1) is 5.92 Å². The number of hydrogen-bond acceptors (Lipinski definition) is 4. The van der Waals surface area contributed by atoms with Gasteiger partial charge in [-0.05, 0) is 26.3 Å². The minimum absolute atomic E-state index is 0.669. The minimum Gasteiger partial charge on any atom is -0.364 e. The standard InChI is InChI=1S/C12H25N3S/c1-5-11(3)15(4)7-6-13-12-14-8-10(2)9-16-12/h10-11H,5-9H2,1-4H3,(H,13,14). The third-order valence-corrected chi connectivity index (χ3v) is 4.42. The number of hydrogen-bond donors (Lipinski definition) is 1. The van der Waals surface area contributed by atoms with Crippen molar-refractivity contribution in [3.63, 3.8) is 0 Å². The molecule has 1 aliphatic heterocycles. The molecule has 1 rings (SSSR count). The summed E-state index contributed by atoms with van der Waals surface area (Å²) >= 11 is 1.86. The van der Waals surface area contributed by atoms with E-state index < -0.39 is 0 Å². The first-order valence-electron chi connectivity index (χ1n) is 6.24. The first-order chi connectivity index (χ1) is 7.63. The average Bonchev–Trinajstić information content (AvgIpc) is 2.30. The highest BCUT2D eigenvalue weighted by Crippen LogP contribution is 2.15. The summed E-state index contributed by atoms with van der Waals surface area (Å²) in [6, 6.07) is 0.669. The molecule has 2 unspecified atom stereocenters. The van der Waals surface area contributed by atoms with Gasteiger partial charge in [0.15, 0.2) is 5.17 Å². The molecule has 4 heteroatoms. The van der Waals surface area contributed by atoms with E-state index in [9.17, 15) is 0 Å². The zero-order valence-corrected chi connectivity index (χ0v) is 11.8. The highest BCUT2D eigenvalue weighted by molar-refractivity contribution is 8.13. The van der Waals surface area contributed by atoms with Crippen LogP contribution < -0.4 is 5.32 Å². The van der Waals surface area contributed by atoms with Crippen LogP contribution in [0.15, 0.2) is 4.99 Å². The van der Waals surface area contributed by atoms with Gasteiger partial charge in [-0.2, -0.15) is 0 Å². The summed E-state index contributed by atoms with van der Waals surface area (Å²) < 4.78 is 0. The Labute approximate surface area is 104 Å². The maximum atomic E-state index is 4.52. The van der Waals surface area contributed by atoms with E-state index in [0.717, 1.165) is 30.7 Å². The van der Waals surface area contributed by atoms with Crippen molar-refractivity contribution in [2.45, 2.75) is 33.2 Å². The third kappa shape index (κ3) is 4.74. The molecular formula is C12H25N3S. The fourth-order valence-corrected chi connectivity index (χ4v) is 2.45. The summed E-state index contributed by atoms with van der Waals surface area (Å²) in [7, 11) is 2.19. The molecule has 0 aliphatic carbocycles. The largest absolute Gasteiger partial charge is 0.364 e. The van der Waals surface area contributed by atoms with Gasteiger partial charge in [-0.25, -0.2) is 0 Å². The van der Waals surface area contributed by atoms with E-state index in [-0.39, 0.29) is 0 Å². The van der Waals surface area contributed by atoms with Crippen molar-refractivity contribution >= 4 is 16.9 Å². The Morgan fingerprint density at radius 3 is 2.94 bits per heavy atom. The predicted octanol–water partition coefficient (Wildman–Crippen LogP) is 2.05. The Morgan fingerprint density at radius 1 is 1.62 bits per heavy atom. The maximum Gasteiger partial charge on any atom is 0.156 e. The van der Waals surface area contributed by atoms with Gasteiger partial charge >= 0.3 is 0 Å². The number of rotatable bonds is 5. The Bertz CT molecular complexity index is 230. The number of amidine groups is 1. The van der Waals surface area contributed by atoms with E-state index in [1.807, 2.05) is 11.8 Å². The molecule has 0 amide bonds. The number of nitrogens with zero attached hydrogens (tertiary/aromatic N) is 2. The molecule has 1 aliphatic rings. The van der Waals surface area contributed by atoms with E-state index >= 15 is 0 Å². The Balaban J connectivity index is 2.16. The molecule has 0 bridgehead atoms. The second kappa shape index (κ2) is 7.17. The Morgan fingerprint density at radius 2 is 2.38 bits per heavy atom. The summed E-state index contributed by atoms with van der Waals surface area (Å²) in [6.45, 7) is 9.83. The predicted molar refractivity (Wildman–Crippen MR) is 74.3 cm³/mol. The minimum atomic E-state index is 0.669. The van der Waals surface area contributed by atoms with Gasteiger partial charge in [0.25, 0.3) is 0 Å². The number of thioether (sulfide) groups is 1. The maximum absolute atomic E-state index is 4.52. The molecule has 94 valence electrons. The van der Waals surface area contributed by atoms with Crippen molar-refractivity contribution in [1.29, 1.82) is 0 Å². The van der Waals surface area contributed by atoms with Gasteiger partial charge in [0, 0.05) is 31.4 Å². The fraction of sp³-hybridized carbons (Fsp3) is 0.917. The fourth-order valence-electron chi connectivity index (χ4n) is 1.54. The van der Waals surface area contributed by atoms with Crippen molar-refractivity contribution in [2.24, 2.45) is 10.9 Å². The molecule has 1 N–H and O–H groups in total. The second-order valence-corrected chi connectivity index (χ2v) is 5.74. The zero-order valence-electron chi connectivity index (χ0n) is 11.0. The smallest absolute Gasteiger partial charge is 0.156 e. The van der Waals surface area contributed by atoms with Crippen molar-refractivity contribution in [3.8, 4) is 0 Å². The van der Waals surface area contributed by atoms with Crippen LogP contribution in [0.2, 0.25) is 0 Å². The van der Waals surface area contributed by atoms with Crippen LogP contribution in [0.5, 0.6) is 0 Å². The Kier molecular flexibility index (Phi) is 6.21. The molecule has 0 radical (unpaired) electrons. The summed E-state index contributed by atoms with van der Waals surface area (Å²) in [5.41, 5.74) is 0. The molecule has 0 saturated carbocycles. The topological polar surface area (TPSA) is 27.6 Å². The quantitative estimate of drug-likeness (QED) is 0.801. The molecule has 16 heavy (non-hydrogen) atoms. The van der Waals surface area contributed by atoms with Crippen LogP contribution in [0.25, 0.3) is 0 Å². The van der Waals surface area contributed by atoms with Crippen molar-refractivity contribution < 1.29 is 0 Å². The highest BCUT2D eigenvalue weighted by Gasteiger charge is 2.12. The molecule has 0 aromatic heterocycles. The molecular weight excluding hydrogens is 218 g/mol. The molecule has 0 aromatic carbocycles. The summed E-state index contributed by atoms with van der Waals surface area (Å²) in [6.07, 6.45) is 1.21. The summed E-state index contributed by atoms with van der Waals surface area (Å²) in [4.78, 5) is 6.91. The zero-order chi connectivity index (χ0) is 12.0. The monoisotopic (exact) mass is 243 g/mol. The molecule has 0 spiro atoms. The van der Waals surface area contributed by atoms with Crippen LogP contribution in [0.1, 0.15) is 27.2 Å². The van der Waals surface area contributed by atoms with Crippen LogP contribution in [0.3, 0.4) is 0 Å². The van der Waals surface area contributed by atoms with Gasteiger partial charge in [0.1, 0.15) is 0 Å². The van der Waals surface area contributed by atoms with Gasteiger partial charge in [0.2, 0.25) is 0 Å². The van der Waals surface area contributed by atoms with Crippen LogP contribution in [-0.4, -0.2) is 48.5 Å². The molecule has 0 saturated heterocycles. The SMILES string of the molecule is CCC(C)N(C)CCNC1=NCC(C)CS1. The summed E-state index contributed by atoms with van der Waals surface area (Å²) in [5.74, 6) is 1.94. The highest BCUT2D eigenvalue weighted by atomic mass is 32.2. The average molecular weight is 243 g/mol. The van der Waals surface area contributed by atoms with E-state index in [0.29, 0.717) is 6.04 Å². The second-order valence-electron chi connectivity index (χ2n) is 4.73. The van der Waals surface area contributed by atoms with Crippen molar-refractivity contribution in [3.05, 3.63) is 0 Å². The van der Waals surface area contributed by atoms with E-state index in [1.165, 1.54) is 12.2 Å². The van der Waals surface area contributed by atoms with Gasteiger partial charge in [-0.1, -0.05) is 25.6 Å². The number of likely N-dealkylation sites (N-methyl/N-ethyl adjacent to an activating group) is 1. The summed E-state index contributed by atoms with van der Waals surface area (Å²) in [5, 5.41) is 4.56. The lowest BCUT2D eigenvalue weighted by atomic mass is 10.2. The molecule has 0 aromatic rings. The molecule has 1 heterocycles. The van der Waals surface area contributed by atoms with Gasteiger partial charge in [-0.3, -0.25) is 4.99 Å². The lowest BCUT2D eigenvalue weighted by Crippen LogP contribution is -2.37. The van der Waals surface area contributed by atoms with Crippen LogP contribution in [-0.2, 0) is 0 Å². The molecule has 2 atom stereocenters. The first-order valence-corrected chi connectivity index (χ1v) is 7.23. The normalized spacial score (nSPS) is 23.1. The third-order valence-electron chi connectivity index (χ3n) is 3.14. The van der Waals surface area contributed by atoms with Gasteiger partial charge in [0.05, 0.1) is 0 Å². The lowest BCUT2D eigenvalue weighted by molar-refractivity contribution is 0.256. The molecule has 0 fully saturated rings. The van der Waals surface area contributed by atoms with E-state index in [4.69, 9.17) is 0 Å². The van der Waals surface area contributed by atoms with Gasteiger partial charge < -0.3 is 10.2 Å². The van der Waals surface area contributed by atoms with Crippen molar-refractivity contribution in [2.75, 3.05) is 32.4 Å². The lowest BCUT2D eigenvalue weighted by Gasteiger charge is -2.24. The van der Waals surface area contributed by atoms with Gasteiger partial charge in [-0.15, -0.1) is 0 Å². The Hall–Kier alpha value is -0.220. The van der Waals surface area contributed by atoms with Crippen LogP contribution in [0.4, 0.5) is 0 Å². The first kappa shape index (κ1) is 13.8. The number of aliphatic imine (C=N–C) groups is 1. The molecule has 3 nitrogen and oxygen atoms in total. The number of nitrogens with one attached hydrogen (secondary N) is 1.